The Hall–Kier alpha value is -1.09. The number of hydrogen-bond acceptors (Lipinski definition) is 4. The van der Waals surface area contributed by atoms with Gasteiger partial charge in [0.25, 0.3) is 0 Å². The third-order valence-electron chi connectivity index (χ3n) is 2.92. The zero-order valence-corrected chi connectivity index (χ0v) is 15.4. The van der Waals surface area contributed by atoms with Crippen LogP contribution in [0.5, 0.6) is 0 Å². The largest absolute Gasteiger partial charge is 0.364 e. The van der Waals surface area contributed by atoms with E-state index in [9.17, 15) is 0 Å². The molecule has 0 amide bonds. The second kappa shape index (κ2) is 9.78. The SMILES string of the molecule is CCNC(=NCc1ccon1)NCC(C)c1ccsc1.I. The Kier molecular flexibility index (Phi) is 8.36. The van der Waals surface area contributed by atoms with Crippen LogP contribution in [0, 0.1) is 0 Å². The van der Waals surface area contributed by atoms with Gasteiger partial charge in [0.05, 0.1) is 6.54 Å². The fraction of sp³-hybridized carbons (Fsp3) is 0.429. The summed E-state index contributed by atoms with van der Waals surface area (Å²) in [5.41, 5.74) is 2.18. The summed E-state index contributed by atoms with van der Waals surface area (Å²) in [7, 11) is 0. The second-order valence-corrected chi connectivity index (χ2v) is 5.30. The lowest BCUT2D eigenvalue weighted by atomic mass is 10.1. The lowest BCUT2D eigenvalue weighted by Gasteiger charge is -2.15. The van der Waals surface area contributed by atoms with Crippen LogP contribution in [0.2, 0.25) is 0 Å². The Labute approximate surface area is 146 Å². The number of nitrogens with one attached hydrogen (secondary N) is 2. The molecular weight excluding hydrogens is 399 g/mol. The molecule has 0 fully saturated rings. The molecule has 21 heavy (non-hydrogen) atoms. The van der Waals surface area contributed by atoms with Crippen LogP contribution in [0.1, 0.15) is 31.0 Å². The van der Waals surface area contributed by atoms with Crippen molar-refractivity contribution in [3.8, 4) is 0 Å². The average Bonchev–Trinajstić information content (AvgIpc) is 3.13. The highest BCUT2D eigenvalue weighted by Gasteiger charge is 2.07. The molecule has 0 aromatic carbocycles. The zero-order chi connectivity index (χ0) is 14.2. The van der Waals surface area contributed by atoms with Crippen molar-refractivity contribution in [2.75, 3.05) is 13.1 Å². The van der Waals surface area contributed by atoms with Gasteiger partial charge in [0.1, 0.15) is 12.0 Å². The van der Waals surface area contributed by atoms with Gasteiger partial charge in [0.15, 0.2) is 5.96 Å². The number of thiophene rings is 1. The van der Waals surface area contributed by atoms with Gasteiger partial charge in [-0.2, -0.15) is 11.3 Å². The summed E-state index contributed by atoms with van der Waals surface area (Å²) in [6, 6.07) is 3.98. The molecule has 0 bridgehead atoms. The van der Waals surface area contributed by atoms with Crippen molar-refractivity contribution in [1.29, 1.82) is 0 Å². The van der Waals surface area contributed by atoms with Gasteiger partial charge in [0, 0.05) is 19.2 Å². The van der Waals surface area contributed by atoms with E-state index < -0.39 is 0 Å². The molecule has 0 aliphatic rings. The average molecular weight is 420 g/mol. The maximum absolute atomic E-state index is 4.79. The van der Waals surface area contributed by atoms with E-state index in [1.807, 2.05) is 6.07 Å². The van der Waals surface area contributed by atoms with Crippen LogP contribution >= 0.6 is 35.3 Å². The van der Waals surface area contributed by atoms with Crippen LogP contribution < -0.4 is 10.6 Å². The predicted octanol–water partition coefficient (Wildman–Crippen LogP) is 3.21. The molecule has 2 rings (SSSR count). The first-order chi connectivity index (χ1) is 9.79. The van der Waals surface area contributed by atoms with Crippen LogP contribution in [0.25, 0.3) is 0 Å². The van der Waals surface area contributed by atoms with Crippen molar-refractivity contribution in [3.63, 3.8) is 0 Å². The number of hydrogen-bond donors (Lipinski definition) is 2. The third-order valence-corrected chi connectivity index (χ3v) is 3.62. The highest BCUT2D eigenvalue weighted by molar-refractivity contribution is 14.0. The smallest absolute Gasteiger partial charge is 0.191 e. The van der Waals surface area contributed by atoms with Crippen LogP contribution in [0.4, 0.5) is 0 Å². The van der Waals surface area contributed by atoms with Gasteiger partial charge in [-0.3, -0.25) is 0 Å². The predicted molar refractivity (Wildman–Crippen MR) is 97.5 cm³/mol. The molecule has 0 radical (unpaired) electrons. The Balaban J connectivity index is 0.00000220. The zero-order valence-electron chi connectivity index (χ0n) is 12.2. The van der Waals surface area contributed by atoms with E-state index in [1.54, 1.807) is 17.6 Å². The van der Waals surface area contributed by atoms with Crippen molar-refractivity contribution < 1.29 is 4.52 Å². The van der Waals surface area contributed by atoms with Crippen molar-refractivity contribution in [3.05, 3.63) is 40.4 Å². The summed E-state index contributed by atoms with van der Waals surface area (Å²) >= 11 is 1.73. The number of halogens is 1. The fourth-order valence-corrected chi connectivity index (χ4v) is 2.53. The van der Waals surface area contributed by atoms with Crippen molar-refractivity contribution in [2.45, 2.75) is 26.3 Å². The van der Waals surface area contributed by atoms with Crippen molar-refractivity contribution >= 4 is 41.3 Å². The molecule has 0 saturated carbocycles. The van der Waals surface area contributed by atoms with E-state index in [0.717, 1.165) is 24.7 Å². The molecule has 5 nitrogen and oxygen atoms in total. The van der Waals surface area contributed by atoms with Gasteiger partial charge in [-0.05, 0) is 35.2 Å². The minimum atomic E-state index is 0. The van der Waals surface area contributed by atoms with Gasteiger partial charge >= 0.3 is 0 Å². The van der Waals surface area contributed by atoms with Gasteiger partial charge in [-0.1, -0.05) is 12.1 Å². The molecule has 7 heteroatoms. The lowest BCUT2D eigenvalue weighted by Crippen LogP contribution is -2.39. The quantitative estimate of drug-likeness (QED) is 0.428. The molecule has 2 aromatic rings. The number of aliphatic imine (C=N–C) groups is 1. The maximum atomic E-state index is 4.79. The van der Waals surface area contributed by atoms with Gasteiger partial charge in [0.2, 0.25) is 0 Å². The first-order valence-corrected chi connectivity index (χ1v) is 7.67. The number of rotatable bonds is 6. The molecule has 0 aliphatic carbocycles. The Morgan fingerprint density at radius 2 is 2.29 bits per heavy atom. The summed E-state index contributed by atoms with van der Waals surface area (Å²) in [5, 5.41) is 14.7. The molecule has 1 atom stereocenters. The van der Waals surface area contributed by atoms with E-state index in [0.29, 0.717) is 12.5 Å². The van der Waals surface area contributed by atoms with Crippen LogP contribution in [0.15, 0.2) is 38.7 Å². The van der Waals surface area contributed by atoms with Gasteiger partial charge in [-0.15, -0.1) is 24.0 Å². The molecule has 116 valence electrons. The Morgan fingerprint density at radius 1 is 1.43 bits per heavy atom. The molecule has 1 unspecified atom stereocenters. The van der Waals surface area contributed by atoms with Crippen molar-refractivity contribution in [1.82, 2.24) is 15.8 Å². The Bertz CT molecular complexity index is 513. The molecule has 0 spiro atoms. The standard InChI is InChI=1S/C14H20N4OS.HI/c1-3-15-14(17-9-13-4-6-19-18-13)16-8-11(2)12-5-7-20-10-12;/h4-7,10-11H,3,8-9H2,1-2H3,(H2,15,16,17);1H. The molecule has 2 N–H and O–H groups in total. The minimum Gasteiger partial charge on any atom is -0.364 e. The summed E-state index contributed by atoms with van der Waals surface area (Å²) in [4.78, 5) is 4.48. The summed E-state index contributed by atoms with van der Waals surface area (Å²) < 4.78 is 4.79. The van der Waals surface area contributed by atoms with E-state index in [4.69, 9.17) is 4.52 Å². The highest BCUT2D eigenvalue weighted by atomic mass is 127. The van der Waals surface area contributed by atoms with Crippen molar-refractivity contribution in [2.24, 2.45) is 4.99 Å². The van der Waals surface area contributed by atoms with Crippen LogP contribution in [0.3, 0.4) is 0 Å². The lowest BCUT2D eigenvalue weighted by molar-refractivity contribution is 0.412. The van der Waals surface area contributed by atoms with Gasteiger partial charge in [-0.25, -0.2) is 4.99 Å². The summed E-state index contributed by atoms with van der Waals surface area (Å²) in [6.07, 6.45) is 1.56. The molecule has 0 saturated heterocycles. The Morgan fingerprint density at radius 3 is 2.90 bits per heavy atom. The van der Waals surface area contributed by atoms with E-state index in [2.05, 4.69) is 51.5 Å². The maximum Gasteiger partial charge on any atom is 0.191 e. The monoisotopic (exact) mass is 420 g/mol. The van der Waals surface area contributed by atoms with E-state index >= 15 is 0 Å². The number of nitrogens with zero attached hydrogens (tertiary/aromatic N) is 2. The fourth-order valence-electron chi connectivity index (χ4n) is 1.74. The van der Waals surface area contributed by atoms with Gasteiger partial charge < -0.3 is 15.2 Å². The second-order valence-electron chi connectivity index (χ2n) is 4.52. The first-order valence-electron chi connectivity index (χ1n) is 6.73. The molecule has 2 aromatic heterocycles. The molecule has 2 heterocycles. The molecule has 0 aliphatic heterocycles. The normalized spacial score (nSPS) is 12.6. The van der Waals surface area contributed by atoms with E-state index in [1.165, 1.54) is 5.56 Å². The number of guanidine groups is 1. The topological polar surface area (TPSA) is 62.5 Å². The minimum absolute atomic E-state index is 0. The van der Waals surface area contributed by atoms with E-state index in [-0.39, 0.29) is 24.0 Å². The summed E-state index contributed by atoms with van der Waals surface area (Å²) in [5.74, 6) is 1.26. The third kappa shape index (κ3) is 6.04. The molecular formula is C14H21IN4OS. The van der Waals surface area contributed by atoms with Crippen LogP contribution in [-0.2, 0) is 6.54 Å². The summed E-state index contributed by atoms with van der Waals surface area (Å²) in [6.45, 7) is 6.45. The highest BCUT2D eigenvalue weighted by Crippen LogP contribution is 2.16. The number of aromatic nitrogens is 1. The first kappa shape index (κ1) is 18.0. The van der Waals surface area contributed by atoms with Crippen LogP contribution in [-0.4, -0.2) is 24.2 Å².